The van der Waals surface area contributed by atoms with Gasteiger partial charge in [0.25, 0.3) is 0 Å². The Hall–Kier alpha value is -2.94. The lowest BCUT2D eigenvalue weighted by Gasteiger charge is -2.31. The third-order valence-electron chi connectivity index (χ3n) is 4.85. The average molecular weight is 450 g/mol. The topological polar surface area (TPSA) is 86.8 Å². The molecule has 0 fully saturated rings. The quantitative estimate of drug-likeness (QED) is 0.637. The van der Waals surface area contributed by atoms with E-state index in [4.69, 9.17) is 0 Å². The maximum Gasteiger partial charge on any atom is 0.244 e. The molecule has 0 radical (unpaired) electrons. The molecule has 0 aliphatic heterocycles. The van der Waals surface area contributed by atoms with E-state index >= 15 is 0 Å². The number of likely N-dealkylation sites (N-methyl/N-ethyl adjacent to an activating group) is 1. The fraction of sp³-hybridized carbons (Fsp3) is 0.364. The van der Waals surface area contributed by atoms with Crippen molar-refractivity contribution in [3.63, 3.8) is 0 Å². The molecule has 0 saturated carbocycles. The third-order valence-corrected chi connectivity index (χ3v) is 5.97. The van der Waals surface area contributed by atoms with E-state index in [-0.39, 0.29) is 12.5 Å². The van der Waals surface area contributed by atoms with Gasteiger partial charge in [-0.05, 0) is 50.1 Å². The summed E-state index contributed by atoms with van der Waals surface area (Å²) in [6, 6.07) is 11.6. The molecule has 1 N–H and O–H groups in total. The monoisotopic (exact) mass is 449 g/mol. The van der Waals surface area contributed by atoms with Crippen LogP contribution in [0.4, 0.5) is 10.1 Å². The number of carbonyl (C=O) groups excluding carboxylic acids is 2. The Morgan fingerprint density at radius 3 is 2.26 bits per heavy atom. The molecule has 9 heteroatoms. The summed E-state index contributed by atoms with van der Waals surface area (Å²) in [4.78, 5) is 27.0. The van der Waals surface area contributed by atoms with Gasteiger partial charge in [0.15, 0.2) is 0 Å². The van der Waals surface area contributed by atoms with Crippen molar-refractivity contribution in [2.75, 3.05) is 23.7 Å². The number of nitrogens with zero attached hydrogens (tertiary/aromatic N) is 2. The SMILES string of the molecule is CCNC(=O)C(C)N(Cc1ccc(F)cc1)C(=O)CN(c1ccccc1C)S(C)(=O)=O. The first-order valence-corrected chi connectivity index (χ1v) is 11.7. The lowest BCUT2D eigenvalue weighted by Crippen LogP contribution is -2.51. The number of sulfonamides is 1. The molecule has 1 unspecified atom stereocenters. The van der Waals surface area contributed by atoms with E-state index in [2.05, 4.69) is 5.32 Å². The Balaban J connectivity index is 2.38. The van der Waals surface area contributed by atoms with Gasteiger partial charge >= 0.3 is 0 Å². The summed E-state index contributed by atoms with van der Waals surface area (Å²) in [6.07, 6.45) is 1.03. The summed E-state index contributed by atoms with van der Waals surface area (Å²) in [5, 5.41) is 2.68. The molecule has 0 bridgehead atoms. The predicted octanol–water partition coefficient (Wildman–Crippen LogP) is 2.45. The van der Waals surface area contributed by atoms with Gasteiger partial charge in [-0.15, -0.1) is 0 Å². The van der Waals surface area contributed by atoms with E-state index in [1.807, 2.05) is 0 Å². The molecular weight excluding hydrogens is 421 g/mol. The van der Waals surface area contributed by atoms with Gasteiger partial charge < -0.3 is 10.2 Å². The van der Waals surface area contributed by atoms with Crippen molar-refractivity contribution in [3.05, 3.63) is 65.5 Å². The second kappa shape index (κ2) is 10.4. The largest absolute Gasteiger partial charge is 0.355 e. The number of amides is 2. The van der Waals surface area contributed by atoms with Gasteiger partial charge in [-0.2, -0.15) is 0 Å². The van der Waals surface area contributed by atoms with Crippen molar-refractivity contribution < 1.29 is 22.4 Å². The number of hydrogen-bond acceptors (Lipinski definition) is 4. The number of rotatable bonds is 9. The smallest absolute Gasteiger partial charge is 0.244 e. The normalized spacial score (nSPS) is 12.2. The van der Waals surface area contributed by atoms with Crippen molar-refractivity contribution in [1.82, 2.24) is 10.2 Å². The summed E-state index contributed by atoms with van der Waals surface area (Å²) in [5.74, 6) is -1.32. The summed E-state index contributed by atoms with van der Waals surface area (Å²) in [6.45, 7) is 5.05. The van der Waals surface area contributed by atoms with Crippen molar-refractivity contribution in [3.8, 4) is 0 Å². The number of anilines is 1. The van der Waals surface area contributed by atoms with Crippen molar-refractivity contribution >= 4 is 27.5 Å². The number of aryl methyl sites for hydroxylation is 1. The first kappa shape index (κ1) is 24.3. The highest BCUT2D eigenvalue weighted by Gasteiger charge is 2.30. The molecule has 2 amide bonds. The molecule has 0 heterocycles. The Morgan fingerprint density at radius 1 is 1.10 bits per heavy atom. The maximum atomic E-state index is 13.3. The second-order valence-electron chi connectivity index (χ2n) is 7.27. The van der Waals surface area contributed by atoms with Gasteiger partial charge in [0, 0.05) is 13.1 Å². The van der Waals surface area contributed by atoms with Crippen LogP contribution in [-0.2, 0) is 26.2 Å². The fourth-order valence-corrected chi connectivity index (χ4v) is 4.04. The van der Waals surface area contributed by atoms with E-state index < -0.39 is 34.3 Å². The standard InChI is InChI=1S/C22H28FN3O4S/c1-5-24-22(28)17(3)25(14-18-10-12-19(23)13-11-18)21(27)15-26(31(4,29)30)20-9-7-6-8-16(20)2/h6-13,17H,5,14-15H2,1-4H3,(H,24,28). The number of halogens is 1. The maximum absolute atomic E-state index is 13.3. The summed E-state index contributed by atoms with van der Waals surface area (Å²) in [5.41, 5.74) is 1.71. The van der Waals surface area contributed by atoms with Gasteiger partial charge in [-0.1, -0.05) is 30.3 Å². The van der Waals surface area contributed by atoms with Gasteiger partial charge in [0.2, 0.25) is 21.8 Å². The molecule has 2 aromatic carbocycles. The van der Waals surface area contributed by atoms with E-state index in [1.165, 1.54) is 29.2 Å². The highest BCUT2D eigenvalue weighted by Crippen LogP contribution is 2.22. The molecule has 0 aliphatic rings. The lowest BCUT2D eigenvalue weighted by molar-refractivity contribution is -0.139. The Morgan fingerprint density at radius 2 is 1.71 bits per heavy atom. The van der Waals surface area contributed by atoms with Crippen LogP contribution in [0.5, 0.6) is 0 Å². The molecule has 2 aromatic rings. The Bertz CT molecular complexity index is 1030. The Labute approximate surface area is 182 Å². The van der Waals surface area contributed by atoms with E-state index in [0.29, 0.717) is 23.4 Å². The molecule has 168 valence electrons. The first-order chi connectivity index (χ1) is 14.5. The molecule has 0 aromatic heterocycles. The number of hydrogen-bond donors (Lipinski definition) is 1. The Kier molecular flexibility index (Phi) is 8.15. The minimum absolute atomic E-state index is 0.0305. The van der Waals surface area contributed by atoms with Gasteiger partial charge in [-0.3, -0.25) is 13.9 Å². The van der Waals surface area contributed by atoms with Crippen LogP contribution < -0.4 is 9.62 Å². The minimum atomic E-state index is -3.77. The highest BCUT2D eigenvalue weighted by atomic mass is 32.2. The molecule has 0 aliphatic carbocycles. The molecular formula is C22H28FN3O4S. The number of benzene rings is 2. The van der Waals surface area contributed by atoms with Crippen molar-refractivity contribution in [2.24, 2.45) is 0 Å². The summed E-state index contributed by atoms with van der Waals surface area (Å²) in [7, 11) is -3.77. The zero-order chi connectivity index (χ0) is 23.2. The van der Waals surface area contributed by atoms with Crippen LogP contribution in [0.2, 0.25) is 0 Å². The van der Waals surface area contributed by atoms with Crippen LogP contribution >= 0.6 is 0 Å². The van der Waals surface area contributed by atoms with Gasteiger partial charge in [0.05, 0.1) is 11.9 Å². The van der Waals surface area contributed by atoms with E-state index in [9.17, 15) is 22.4 Å². The zero-order valence-electron chi connectivity index (χ0n) is 18.1. The number of para-hydroxylation sites is 1. The van der Waals surface area contributed by atoms with Crippen molar-refractivity contribution in [1.29, 1.82) is 0 Å². The molecule has 1 atom stereocenters. The van der Waals surface area contributed by atoms with Crippen molar-refractivity contribution in [2.45, 2.75) is 33.4 Å². The fourth-order valence-electron chi connectivity index (χ4n) is 3.13. The van der Waals surface area contributed by atoms with Gasteiger partial charge in [0.1, 0.15) is 18.4 Å². The minimum Gasteiger partial charge on any atom is -0.355 e. The summed E-state index contributed by atoms with van der Waals surface area (Å²) < 4.78 is 39.3. The molecule has 0 saturated heterocycles. The van der Waals surface area contributed by atoms with E-state index in [1.54, 1.807) is 45.0 Å². The van der Waals surface area contributed by atoms with Crippen LogP contribution in [0.3, 0.4) is 0 Å². The molecule has 2 rings (SSSR count). The lowest BCUT2D eigenvalue weighted by atomic mass is 10.1. The second-order valence-corrected chi connectivity index (χ2v) is 9.18. The third kappa shape index (κ3) is 6.52. The van der Waals surface area contributed by atoms with Crippen LogP contribution in [0.25, 0.3) is 0 Å². The summed E-state index contributed by atoms with van der Waals surface area (Å²) >= 11 is 0. The molecule has 31 heavy (non-hydrogen) atoms. The van der Waals surface area contributed by atoms with Crippen LogP contribution in [-0.4, -0.2) is 50.5 Å². The van der Waals surface area contributed by atoms with Crippen LogP contribution in [0.1, 0.15) is 25.0 Å². The average Bonchev–Trinajstić information content (AvgIpc) is 2.71. The van der Waals surface area contributed by atoms with E-state index in [0.717, 1.165) is 10.6 Å². The van der Waals surface area contributed by atoms with Gasteiger partial charge in [-0.25, -0.2) is 12.8 Å². The zero-order valence-corrected chi connectivity index (χ0v) is 18.9. The highest BCUT2D eigenvalue weighted by molar-refractivity contribution is 7.92. The first-order valence-electron chi connectivity index (χ1n) is 9.89. The van der Waals surface area contributed by atoms with Crippen LogP contribution in [0, 0.1) is 12.7 Å². The number of carbonyl (C=O) groups is 2. The molecule has 7 nitrogen and oxygen atoms in total. The molecule has 0 spiro atoms. The number of nitrogens with one attached hydrogen (secondary N) is 1. The van der Waals surface area contributed by atoms with Crippen LogP contribution in [0.15, 0.2) is 48.5 Å². The predicted molar refractivity (Wildman–Crippen MR) is 118 cm³/mol.